The Balaban J connectivity index is 2.24. The normalized spacial score (nSPS) is 21.2. The highest BCUT2D eigenvalue weighted by Crippen LogP contribution is 2.38. The van der Waals surface area contributed by atoms with Crippen LogP contribution in [0, 0.1) is 5.92 Å². The molecule has 0 spiro atoms. The second-order valence-electron chi connectivity index (χ2n) is 7.74. The highest BCUT2D eigenvalue weighted by atomic mass is 16.6. The van der Waals surface area contributed by atoms with Crippen LogP contribution in [0.3, 0.4) is 0 Å². The number of ether oxygens (including phenoxy) is 1. The molecular weight excluding hydrogens is 360 g/mol. The van der Waals surface area contributed by atoms with Crippen molar-refractivity contribution in [2.45, 2.75) is 57.9 Å². The van der Waals surface area contributed by atoms with Crippen LogP contribution >= 0.6 is 0 Å². The van der Waals surface area contributed by atoms with E-state index in [-0.39, 0.29) is 17.6 Å². The van der Waals surface area contributed by atoms with Crippen LogP contribution in [-0.2, 0) is 15.0 Å². The third-order valence-electron chi connectivity index (χ3n) is 5.51. The minimum absolute atomic E-state index is 0.0832. The molecule has 2 atom stereocenters. The molecule has 7 nitrogen and oxygen atoms in total. The van der Waals surface area contributed by atoms with Gasteiger partial charge in [-0.2, -0.15) is 0 Å². The number of hydrogen-bond acceptors (Lipinski definition) is 4. The van der Waals surface area contributed by atoms with E-state index in [0.29, 0.717) is 6.42 Å². The molecule has 0 bridgehead atoms. The molecule has 1 aromatic rings. The average molecular weight is 390 g/mol. The number of rotatable bonds is 6. The Morgan fingerprint density at radius 1 is 1.32 bits per heavy atom. The second-order valence-corrected chi connectivity index (χ2v) is 7.74. The lowest BCUT2D eigenvalue weighted by molar-refractivity contribution is -0.140. The van der Waals surface area contributed by atoms with E-state index >= 15 is 0 Å². The largest absolute Gasteiger partial charge is 0.480 e. The van der Waals surface area contributed by atoms with Crippen LogP contribution in [0.25, 0.3) is 0 Å². The quantitative estimate of drug-likeness (QED) is 0.778. The van der Waals surface area contributed by atoms with E-state index in [1.54, 1.807) is 36.9 Å². The summed E-state index contributed by atoms with van der Waals surface area (Å²) >= 11 is 0. The highest BCUT2D eigenvalue weighted by Gasteiger charge is 2.41. The number of benzene rings is 1. The van der Waals surface area contributed by atoms with Crippen LogP contribution in [0.4, 0.5) is 4.79 Å². The van der Waals surface area contributed by atoms with Crippen LogP contribution in [0.15, 0.2) is 24.3 Å². The number of carboxylic acids is 1. The van der Waals surface area contributed by atoms with Gasteiger partial charge in [-0.1, -0.05) is 39.3 Å². The fourth-order valence-corrected chi connectivity index (χ4v) is 3.78. The first-order chi connectivity index (χ1) is 13.2. The molecule has 2 rings (SSSR count). The maximum absolute atomic E-state index is 13.1. The van der Waals surface area contributed by atoms with Crippen molar-refractivity contribution in [3.05, 3.63) is 29.8 Å². The Bertz CT molecular complexity index is 733. The van der Waals surface area contributed by atoms with Crippen LogP contribution in [-0.4, -0.2) is 47.6 Å². The summed E-state index contributed by atoms with van der Waals surface area (Å²) < 4.78 is 5.32. The number of likely N-dealkylation sites (N-methyl/N-ethyl adjacent to an activating group) is 1. The Morgan fingerprint density at radius 2 is 2.04 bits per heavy atom. The summed E-state index contributed by atoms with van der Waals surface area (Å²) in [5.41, 5.74) is 0.181. The van der Waals surface area contributed by atoms with E-state index in [2.05, 4.69) is 5.32 Å². The fourth-order valence-electron chi connectivity index (χ4n) is 3.78. The van der Waals surface area contributed by atoms with Gasteiger partial charge in [0.2, 0.25) is 5.91 Å². The first kappa shape index (κ1) is 21.7. The average Bonchev–Trinajstić information content (AvgIpc) is 2.79. The first-order valence-electron chi connectivity index (χ1n) is 9.78. The van der Waals surface area contributed by atoms with E-state index in [1.165, 1.54) is 0 Å². The van der Waals surface area contributed by atoms with Crippen LogP contribution in [0.1, 0.15) is 52.0 Å². The van der Waals surface area contributed by atoms with Gasteiger partial charge in [0.15, 0.2) is 0 Å². The van der Waals surface area contributed by atoms with E-state index in [9.17, 15) is 19.5 Å². The monoisotopic (exact) mass is 390 g/mol. The van der Waals surface area contributed by atoms with Gasteiger partial charge in [0.1, 0.15) is 11.8 Å². The number of hydrogen-bond donors (Lipinski definition) is 2. The van der Waals surface area contributed by atoms with Crippen LogP contribution in [0.5, 0.6) is 5.75 Å². The zero-order valence-corrected chi connectivity index (χ0v) is 17.0. The van der Waals surface area contributed by atoms with Gasteiger partial charge in [-0.25, -0.2) is 9.59 Å². The summed E-state index contributed by atoms with van der Waals surface area (Å²) in [6.07, 6.45) is 2.49. The minimum Gasteiger partial charge on any atom is -0.480 e. The van der Waals surface area contributed by atoms with Crippen LogP contribution < -0.4 is 10.1 Å². The third kappa shape index (κ3) is 4.64. The molecule has 28 heavy (non-hydrogen) atoms. The van der Waals surface area contributed by atoms with E-state index < -0.39 is 23.5 Å². The molecule has 0 aromatic heterocycles. The standard InChI is InChI=1S/C21H30N2O5/c1-5-21(11-6-7-12-23(4)19(21)26)15-9-8-10-16(13-15)28-20(27)22-17(14(2)3)18(24)25/h8-10,13-14,17H,5-7,11-12H2,1-4H3,(H,22,27)(H,24,25). The number of aliphatic carboxylic acids is 1. The van der Waals surface area contributed by atoms with Crippen molar-refractivity contribution < 1.29 is 24.2 Å². The van der Waals surface area contributed by atoms with Gasteiger partial charge in [-0.05, 0) is 42.9 Å². The van der Waals surface area contributed by atoms with Crippen molar-refractivity contribution in [1.82, 2.24) is 10.2 Å². The predicted molar refractivity (Wildman–Crippen MR) is 105 cm³/mol. The molecule has 1 aliphatic rings. The van der Waals surface area contributed by atoms with E-state index in [4.69, 9.17) is 4.74 Å². The van der Waals surface area contributed by atoms with Gasteiger partial charge >= 0.3 is 12.1 Å². The Labute approximate surface area is 166 Å². The smallest absolute Gasteiger partial charge is 0.413 e. The summed E-state index contributed by atoms with van der Waals surface area (Å²) in [6, 6.07) is 5.95. The Kier molecular flexibility index (Phi) is 7.05. The molecule has 2 N–H and O–H groups in total. The molecule has 2 unspecified atom stereocenters. The first-order valence-corrected chi connectivity index (χ1v) is 9.78. The summed E-state index contributed by atoms with van der Waals surface area (Å²) in [5, 5.41) is 11.6. The molecule has 1 aliphatic heterocycles. The van der Waals surface area contributed by atoms with Crippen molar-refractivity contribution in [1.29, 1.82) is 0 Å². The summed E-state index contributed by atoms with van der Waals surface area (Å²) in [6.45, 7) is 6.15. The van der Waals surface area contributed by atoms with E-state index in [1.807, 2.05) is 20.0 Å². The van der Waals surface area contributed by atoms with Crippen molar-refractivity contribution in [2.75, 3.05) is 13.6 Å². The zero-order chi connectivity index (χ0) is 20.9. The molecule has 1 saturated heterocycles. The summed E-state index contributed by atoms with van der Waals surface area (Å²) in [5.74, 6) is -1.02. The SMILES string of the molecule is CCC1(c2cccc(OC(=O)NC(C(=O)O)C(C)C)c2)CCCCN(C)C1=O. The number of amides is 2. The number of carbonyl (C=O) groups is 3. The zero-order valence-electron chi connectivity index (χ0n) is 17.0. The number of likely N-dealkylation sites (tertiary alicyclic amines) is 1. The van der Waals surface area contributed by atoms with Crippen molar-refractivity contribution in [3.63, 3.8) is 0 Å². The van der Waals surface area contributed by atoms with Crippen molar-refractivity contribution in [3.8, 4) is 5.75 Å². The Hall–Kier alpha value is -2.57. The molecule has 1 heterocycles. The Morgan fingerprint density at radius 3 is 2.64 bits per heavy atom. The number of carbonyl (C=O) groups excluding carboxylic acids is 2. The number of nitrogens with zero attached hydrogens (tertiary/aromatic N) is 1. The van der Waals surface area contributed by atoms with Gasteiger partial charge < -0.3 is 20.1 Å². The highest BCUT2D eigenvalue weighted by molar-refractivity contribution is 5.88. The maximum Gasteiger partial charge on any atom is 0.413 e. The summed E-state index contributed by atoms with van der Waals surface area (Å²) in [7, 11) is 1.82. The molecule has 154 valence electrons. The van der Waals surface area contributed by atoms with Crippen LogP contribution in [0.2, 0.25) is 0 Å². The molecule has 0 radical (unpaired) electrons. The van der Waals surface area contributed by atoms with Crippen molar-refractivity contribution in [2.24, 2.45) is 5.92 Å². The molecular formula is C21H30N2O5. The van der Waals surface area contributed by atoms with Gasteiger partial charge in [-0.15, -0.1) is 0 Å². The molecule has 0 saturated carbocycles. The molecule has 2 amide bonds. The predicted octanol–water partition coefficient (Wildman–Crippen LogP) is 3.17. The van der Waals surface area contributed by atoms with Gasteiger partial charge in [-0.3, -0.25) is 4.79 Å². The van der Waals surface area contributed by atoms with Gasteiger partial charge in [0, 0.05) is 13.6 Å². The lowest BCUT2D eigenvalue weighted by Gasteiger charge is -2.33. The topological polar surface area (TPSA) is 95.9 Å². The van der Waals surface area contributed by atoms with E-state index in [0.717, 1.165) is 31.4 Å². The molecule has 1 fully saturated rings. The summed E-state index contributed by atoms with van der Waals surface area (Å²) in [4.78, 5) is 38.3. The molecule has 7 heteroatoms. The third-order valence-corrected chi connectivity index (χ3v) is 5.51. The lowest BCUT2D eigenvalue weighted by atomic mass is 9.73. The van der Waals surface area contributed by atoms with Gasteiger partial charge in [0.25, 0.3) is 0 Å². The number of nitrogens with one attached hydrogen (secondary N) is 1. The number of carboxylic acid groups (broad SMARTS) is 1. The second kappa shape index (κ2) is 9.08. The molecule has 1 aromatic carbocycles. The van der Waals surface area contributed by atoms with Gasteiger partial charge in [0.05, 0.1) is 5.41 Å². The van der Waals surface area contributed by atoms with Crippen molar-refractivity contribution >= 4 is 18.0 Å². The lowest BCUT2D eigenvalue weighted by Crippen LogP contribution is -2.45. The fraction of sp³-hybridized carbons (Fsp3) is 0.571. The molecule has 0 aliphatic carbocycles. The minimum atomic E-state index is -1.11. The maximum atomic E-state index is 13.1.